The lowest BCUT2D eigenvalue weighted by Gasteiger charge is -2.09. The number of amides is 1. The second-order valence-corrected chi connectivity index (χ2v) is 6.64. The van der Waals surface area contributed by atoms with Crippen LogP contribution in [0.3, 0.4) is 0 Å². The summed E-state index contributed by atoms with van der Waals surface area (Å²) >= 11 is 1.25. The van der Waals surface area contributed by atoms with Crippen molar-refractivity contribution in [2.24, 2.45) is 5.73 Å². The molecule has 0 saturated heterocycles. The molecule has 10 heteroatoms. The van der Waals surface area contributed by atoms with Crippen molar-refractivity contribution >= 4 is 17.9 Å². The van der Waals surface area contributed by atoms with Crippen LogP contribution in [-0.2, 0) is 11.3 Å². The van der Waals surface area contributed by atoms with Crippen LogP contribution in [0.5, 0.6) is 5.75 Å². The third-order valence-corrected chi connectivity index (χ3v) is 4.56. The first-order valence-electron chi connectivity index (χ1n) is 9.22. The third-order valence-electron chi connectivity index (χ3n) is 3.71. The van der Waals surface area contributed by atoms with Crippen molar-refractivity contribution in [2.75, 3.05) is 13.7 Å². The zero-order valence-corrected chi connectivity index (χ0v) is 17.8. The molecule has 0 bridgehead atoms. The third kappa shape index (κ3) is 6.30. The molecule has 0 aliphatic heterocycles. The lowest BCUT2D eigenvalue weighted by Crippen LogP contribution is -2.24. The SMILES string of the molecule is CC.COc1cc(-c2nnn(Cc3ccc(C#N)cc3)n2)ccc1SNCC(N)=O. The normalized spacial score (nSPS) is 9.93. The summed E-state index contributed by atoms with van der Waals surface area (Å²) in [5.74, 6) is 0.641. The van der Waals surface area contributed by atoms with Gasteiger partial charge in [0.15, 0.2) is 0 Å². The van der Waals surface area contributed by atoms with E-state index in [1.54, 1.807) is 25.3 Å². The predicted molar refractivity (Wildman–Crippen MR) is 114 cm³/mol. The minimum absolute atomic E-state index is 0.0563. The minimum atomic E-state index is -0.439. The number of hydrogen-bond donors (Lipinski definition) is 2. The van der Waals surface area contributed by atoms with Gasteiger partial charge >= 0.3 is 0 Å². The highest BCUT2D eigenvalue weighted by molar-refractivity contribution is 7.97. The van der Waals surface area contributed by atoms with Crippen molar-refractivity contribution in [3.8, 4) is 23.2 Å². The highest BCUT2D eigenvalue weighted by Crippen LogP contribution is 2.31. The van der Waals surface area contributed by atoms with Gasteiger partial charge in [-0.25, -0.2) is 0 Å². The molecule has 0 saturated carbocycles. The van der Waals surface area contributed by atoms with Crippen molar-refractivity contribution in [1.29, 1.82) is 5.26 Å². The maximum Gasteiger partial charge on any atom is 0.232 e. The van der Waals surface area contributed by atoms with Gasteiger partial charge in [0.1, 0.15) is 5.75 Å². The Morgan fingerprint density at radius 3 is 2.63 bits per heavy atom. The number of nitrogens with two attached hydrogens (primary N) is 1. The number of hydrogen-bond acceptors (Lipinski definition) is 8. The number of rotatable bonds is 8. The lowest BCUT2D eigenvalue weighted by molar-refractivity contribution is -0.116. The standard InChI is InChI=1S/C18H17N7O2S.C2H6/c1-27-15-8-14(6-7-16(15)28-21-10-17(20)26)18-22-24-25(23-18)11-13-4-2-12(9-19)3-5-13;1-2/h2-8,21H,10-11H2,1H3,(H2,20,26);1-2H3. The molecule has 0 fully saturated rings. The second-order valence-electron chi connectivity index (χ2n) is 5.71. The Hall–Kier alpha value is -3.42. The molecule has 0 atom stereocenters. The number of carbonyl (C=O) groups is 1. The number of nitrogens with zero attached hydrogens (tertiary/aromatic N) is 5. The summed E-state index contributed by atoms with van der Waals surface area (Å²) in [4.78, 5) is 13.1. The van der Waals surface area contributed by atoms with E-state index in [2.05, 4.69) is 26.2 Å². The van der Waals surface area contributed by atoms with E-state index in [0.29, 0.717) is 23.7 Å². The molecule has 0 radical (unpaired) electrons. The van der Waals surface area contributed by atoms with Crippen LogP contribution in [0.1, 0.15) is 25.0 Å². The first-order valence-corrected chi connectivity index (χ1v) is 10.0. The summed E-state index contributed by atoms with van der Waals surface area (Å²) in [6.45, 7) is 4.50. The van der Waals surface area contributed by atoms with Crippen LogP contribution in [0.4, 0.5) is 0 Å². The molecule has 0 aliphatic carbocycles. The van der Waals surface area contributed by atoms with Gasteiger partial charge in [0.05, 0.1) is 36.7 Å². The molecule has 0 aliphatic rings. The Morgan fingerprint density at radius 2 is 2.00 bits per heavy atom. The monoisotopic (exact) mass is 425 g/mol. The fraction of sp³-hybridized carbons (Fsp3) is 0.250. The smallest absolute Gasteiger partial charge is 0.232 e. The summed E-state index contributed by atoms with van der Waals surface area (Å²) in [6.07, 6.45) is 0. The van der Waals surface area contributed by atoms with Crippen LogP contribution >= 0.6 is 11.9 Å². The van der Waals surface area contributed by atoms with E-state index in [4.69, 9.17) is 15.7 Å². The molecule has 0 unspecified atom stereocenters. The summed E-state index contributed by atoms with van der Waals surface area (Å²) in [5, 5.41) is 21.4. The van der Waals surface area contributed by atoms with E-state index in [-0.39, 0.29) is 6.54 Å². The average molecular weight is 426 g/mol. The average Bonchev–Trinajstić information content (AvgIpc) is 3.24. The Kier molecular flexibility index (Phi) is 8.80. The van der Waals surface area contributed by atoms with Gasteiger partial charge in [0.25, 0.3) is 0 Å². The van der Waals surface area contributed by atoms with Gasteiger partial charge in [-0.1, -0.05) is 26.0 Å². The summed E-state index contributed by atoms with van der Waals surface area (Å²) in [5.41, 5.74) is 7.43. The first kappa shape index (κ1) is 22.9. The molecule has 3 rings (SSSR count). The zero-order valence-electron chi connectivity index (χ0n) is 17.0. The van der Waals surface area contributed by atoms with Crippen LogP contribution in [0, 0.1) is 11.3 Å². The highest BCUT2D eigenvalue weighted by Gasteiger charge is 2.11. The van der Waals surface area contributed by atoms with Crippen LogP contribution in [0.15, 0.2) is 47.4 Å². The first-order chi connectivity index (χ1) is 14.6. The second kappa shape index (κ2) is 11.5. The quantitative estimate of drug-likeness (QED) is 0.526. The van der Waals surface area contributed by atoms with E-state index >= 15 is 0 Å². The largest absolute Gasteiger partial charge is 0.496 e. The van der Waals surface area contributed by atoms with Crippen LogP contribution < -0.4 is 15.2 Å². The number of nitrogens with one attached hydrogen (secondary N) is 1. The number of aromatic nitrogens is 4. The maximum atomic E-state index is 10.8. The molecule has 1 heterocycles. The number of carbonyl (C=O) groups excluding carboxylic acids is 1. The summed E-state index contributed by atoms with van der Waals surface area (Å²) in [7, 11) is 1.56. The van der Waals surface area contributed by atoms with Crippen molar-refractivity contribution in [3.63, 3.8) is 0 Å². The molecule has 9 nitrogen and oxygen atoms in total. The van der Waals surface area contributed by atoms with Crippen molar-refractivity contribution in [1.82, 2.24) is 24.9 Å². The fourth-order valence-electron chi connectivity index (χ4n) is 2.35. The minimum Gasteiger partial charge on any atom is -0.496 e. The molecular formula is C20H23N7O2S. The van der Waals surface area contributed by atoms with E-state index in [9.17, 15) is 4.79 Å². The van der Waals surface area contributed by atoms with Crippen LogP contribution in [-0.4, -0.2) is 39.8 Å². The summed E-state index contributed by atoms with van der Waals surface area (Å²) in [6, 6.07) is 14.8. The van der Waals surface area contributed by atoms with Crippen LogP contribution in [0.2, 0.25) is 0 Å². The van der Waals surface area contributed by atoms with E-state index < -0.39 is 5.91 Å². The van der Waals surface area contributed by atoms with Gasteiger partial charge in [0.2, 0.25) is 11.7 Å². The van der Waals surface area contributed by atoms with Crippen molar-refractivity contribution in [3.05, 3.63) is 53.6 Å². The number of methoxy groups -OCH3 is 1. The number of benzene rings is 2. The highest BCUT2D eigenvalue weighted by atomic mass is 32.2. The molecule has 1 aromatic heterocycles. The molecule has 156 valence electrons. The number of nitriles is 1. The molecule has 0 spiro atoms. The Labute approximate surface area is 179 Å². The van der Waals surface area contributed by atoms with E-state index in [1.807, 2.05) is 38.1 Å². The van der Waals surface area contributed by atoms with Gasteiger partial charge in [0, 0.05) is 5.56 Å². The number of primary amides is 1. The number of ether oxygens (including phenoxy) is 1. The Balaban J connectivity index is 0.00000155. The van der Waals surface area contributed by atoms with Gasteiger partial charge in [-0.2, -0.15) is 10.1 Å². The van der Waals surface area contributed by atoms with Gasteiger partial charge in [-0.05, 0) is 53.1 Å². The molecular weight excluding hydrogens is 402 g/mol. The predicted octanol–water partition coefficient (Wildman–Crippen LogP) is 2.38. The van der Waals surface area contributed by atoms with E-state index in [0.717, 1.165) is 16.0 Å². The van der Waals surface area contributed by atoms with Crippen molar-refractivity contribution in [2.45, 2.75) is 25.3 Å². The van der Waals surface area contributed by atoms with Crippen molar-refractivity contribution < 1.29 is 9.53 Å². The van der Waals surface area contributed by atoms with Gasteiger partial charge in [-0.15, -0.1) is 10.2 Å². The molecule has 3 N–H and O–H groups in total. The maximum absolute atomic E-state index is 10.8. The molecule has 30 heavy (non-hydrogen) atoms. The van der Waals surface area contributed by atoms with Crippen LogP contribution in [0.25, 0.3) is 11.4 Å². The Bertz CT molecular complexity index is 1010. The van der Waals surface area contributed by atoms with Gasteiger partial charge < -0.3 is 10.5 Å². The molecule has 3 aromatic rings. The number of tetrazole rings is 1. The lowest BCUT2D eigenvalue weighted by atomic mass is 10.1. The fourth-order valence-corrected chi connectivity index (χ4v) is 3.10. The Morgan fingerprint density at radius 1 is 1.27 bits per heavy atom. The summed E-state index contributed by atoms with van der Waals surface area (Å²) < 4.78 is 8.27. The molecule has 1 amide bonds. The van der Waals surface area contributed by atoms with Gasteiger partial charge in [-0.3, -0.25) is 9.52 Å². The van der Waals surface area contributed by atoms with E-state index in [1.165, 1.54) is 16.7 Å². The topological polar surface area (TPSA) is 132 Å². The molecule has 2 aromatic carbocycles. The zero-order chi connectivity index (χ0) is 21.9.